The number of fused-ring (bicyclic) bond motifs is 1. The van der Waals surface area contributed by atoms with Crippen LogP contribution in [0.25, 0.3) is 0 Å². The second-order valence-electron chi connectivity index (χ2n) is 6.48. The van der Waals surface area contributed by atoms with Crippen molar-refractivity contribution in [2.24, 2.45) is 17.8 Å². The van der Waals surface area contributed by atoms with Crippen LogP contribution >= 0.6 is 0 Å². The van der Waals surface area contributed by atoms with Crippen LogP contribution in [0, 0.1) is 29.1 Å². The zero-order valence-corrected chi connectivity index (χ0v) is 11.5. The maximum Gasteiger partial charge on any atom is 0.410 e. The molecule has 0 aromatic heterocycles. The van der Waals surface area contributed by atoms with Crippen molar-refractivity contribution in [2.75, 3.05) is 13.1 Å². The average Bonchev–Trinajstić information content (AvgIpc) is 2.70. The second-order valence-corrected chi connectivity index (χ2v) is 6.48. The molecular formula is C14H22N2O2. The van der Waals surface area contributed by atoms with Crippen molar-refractivity contribution in [3.8, 4) is 6.07 Å². The highest BCUT2D eigenvalue weighted by Crippen LogP contribution is 2.40. The van der Waals surface area contributed by atoms with E-state index in [1.165, 1.54) is 0 Å². The first-order chi connectivity index (χ1) is 8.40. The summed E-state index contributed by atoms with van der Waals surface area (Å²) in [6, 6.07) is 2.40. The van der Waals surface area contributed by atoms with Crippen molar-refractivity contribution < 1.29 is 9.53 Å². The number of ether oxygens (including phenoxy) is 1. The highest BCUT2D eigenvalue weighted by atomic mass is 16.6. The maximum absolute atomic E-state index is 12.0. The van der Waals surface area contributed by atoms with E-state index in [0.717, 1.165) is 25.8 Å². The smallest absolute Gasteiger partial charge is 0.410 e. The van der Waals surface area contributed by atoms with Gasteiger partial charge in [0.25, 0.3) is 0 Å². The van der Waals surface area contributed by atoms with E-state index in [-0.39, 0.29) is 12.0 Å². The lowest BCUT2D eigenvalue weighted by Gasteiger charge is -2.27. The van der Waals surface area contributed by atoms with Gasteiger partial charge < -0.3 is 9.64 Å². The molecule has 1 saturated carbocycles. The number of nitrogens with zero attached hydrogens (tertiary/aromatic N) is 2. The van der Waals surface area contributed by atoms with Gasteiger partial charge in [0.1, 0.15) is 5.60 Å². The molecule has 0 aromatic rings. The number of hydrogen-bond donors (Lipinski definition) is 0. The maximum atomic E-state index is 12.0. The van der Waals surface area contributed by atoms with Gasteiger partial charge in [-0.1, -0.05) is 6.42 Å². The fraction of sp³-hybridized carbons (Fsp3) is 0.857. The molecule has 0 N–H and O–H groups in total. The van der Waals surface area contributed by atoms with Crippen LogP contribution in [0.4, 0.5) is 4.79 Å². The van der Waals surface area contributed by atoms with Crippen molar-refractivity contribution in [1.82, 2.24) is 4.90 Å². The van der Waals surface area contributed by atoms with Gasteiger partial charge in [-0.25, -0.2) is 4.79 Å². The average molecular weight is 250 g/mol. The number of carbonyl (C=O) groups excluding carboxylic acids is 1. The molecule has 1 heterocycles. The Hall–Kier alpha value is -1.24. The third kappa shape index (κ3) is 2.77. The van der Waals surface area contributed by atoms with Crippen LogP contribution in [-0.4, -0.2) is 29.7 Å². The molecule has 2 fully saturated rings. The first-order valence-electron chi connectivity index (χ1n) is 6.78. The van der Waals surface area contributed by atoms with Crippen LogP contribution in [0.1, 0.15) is 40.0 Å². The standard InChI is InChI=1S/C14H22N2O2/c1-14(2,3)18-13(17)16-8-11-6-4-5-10(7-15)12(11)9-16/h10-12H,4-6,8-9H2,1-3H3. The minimum atomic E-state index is -0.445. The van der Waals surface area contributed by atoms with E-state index in [0.29, 0.717) is 18.4 Å². The number of likely N-dealkylation sites (tertiary alicyclic amines) is 1. The topological polar surface area (TPSA) is 53.3 Å². The fourth-order valence-electron chi connectivity index (χ4n) is 3.11. The largest absolute Gasteiger partial charge is 0.444 e. The summed E-state index contributed by atoms with van der Waals surface area (Å²) in [6.45, 7) is 7.10. The number of hydrogen-bond acceptors (Lipinski definition) is 3. The Labute approximate surface area is 109 Å². The lowest BCUT2D eigenvalue weighted by molar-refractivity contribution is 0.0283. The van der Waals surface area contributed by atoms with E-state index in [1.807, 2.05) is 20.8 Å². The minimum Gasteiger partial charge on any atom is -0.444 e. The molecule has 0 aromatic carbocycles. The van der Waals surface area contributed by atoms with E-state index >= 15 is 0 Å². The van der Waals surface area contributed by atoms with Gasteiger partial charge in [0, 0.05) is 13.1 Å². The molecule has 1 aliphatic carbocycles. The van der Waals surface area contributed by atoms with E-state index < -0.39 is 5.60 Å². The number of rotatable bonds is 0. The summed E-state index contributed by atoms with van der Waals surface area (Å²) in [5.41, 5.74) is -0.445. The van der Waals surface area contributed by atoms with Gasteiger partial charge in [0.05, 0.1) is 12.0 Å². The molecule has 1 aliphatic heterocycles. The van der Waals surface area contributed by atoms with E-state index in [9.17, 15) is 4.79 Å². The molecule has 3 atom stereocenters. The third-order valence-electron chi connectivity index (χ3n) is 3.92. The first-order valence-corrected chi connectivity index (χ1v) is 6.78. The number of nitriles is 1. The lowest BCUT2D eigenvalue weighted by atomic mass is 9.75. The molecule has 2 aliphatic rings. The molecular weight excluding hydrogens is 228 g/mol. The summed E-state index contributed by atoms with van der Waals surface area (Å²) in [7, 11) is 0. The van der Waals surface area contributed by atoms with Crippen LogP contribution in [0.3, 0.4) is 0 Å². The molecule has 4 nitrogen and oxygen atoms in total. The molecule has 1 amide bonds. The molecule has 2 rings (SSSR count). The Balaban J connectivity index is 1.99. The van der Waals surface area contributed by atoms with Gasteiger partial charge in [-0.15, -0.1) is 0 Å². The van der Waals surface area contributed by atoms with Gasteiger partial charge in [-0.2, -0.15) is 5.26 Å². The molecule has 18 heavy (non-hydrogen) atoms. The van der Waals surface area contributed by atoms with Crippen molar-refractivity contribution in [3.05, 3.63) is 0 Å². The molecule has 1 saturated heterocycles. The summed E-state index contributed by atoms with van der Waals surface area (Å²) in [5.74, 6) is 0.975. The summed E-state index contributed by atoms with van der Waals surface area (Å²) in [5, 5.41) is 9.16. The highest BCUT2D eigenvalue weighted by Gasteiger charge is 2.42. The van der Waals surface area contributed by atoms with Crippen molar-refractivity contribution in [2.45, 2.75) is 45.6 Å². The summed E-state index contributed by atoms with van der Waals surface area (Å²) >= 11 is 0. The number of carbonyl (C=O) groups is 1. The fourth-order valence-corrected chi connectivity index (χ4v) is 3.11. The minimum absolute atomic E-state index is 0.121. The Kier molecular flexibility index (Phi) is 3.52. The van der Waals surface area contributed by atoms with Gasteiger partial charge in [0.2, 0.25) is 0 Å². The molecule has 4 heteroatoms. The van der Waals surface area contributed by atoms with Crippen LogP contribution in [-0.2, 0) is 4.74 Å². The van der Waals surface area contributed by atoms with Gasteiger partial charge in [0.15, 0.2) is 0 Å². The Morgan fingerprint density at radius 1 is 1.33 bits per heavy atom. The zero-order chi connectivity index (χ0) is 13.3. The van der Waals surface area contributed by atoms with Crippen LogP contribution in [0.15, 0.2) is 0 Å². The first kappa shape index (κ1) is 13.2. The predicted octanol–water partition coefficient (Wildman–Crippen LogP) is 2.79. The van der Waals surface area contributed by atoms with Crippen molar-refractivity contribution in [1.29, 1.82) is 5.26 Å². The van der Waals surface area contributed by atoms with Crippen LogP contribution in [0.2, 0.25) is 0 Å². The van der Waals surface area contributed by atoms with E-state index in [4.69, 9.17) is 10.00 Å². The van der Waals surface area contributed by atoms with Gasteiger partial charge in [-0.3, -0.25) is 0 Å². The van der Waals surface area contributed by atoms with Gasteiger partial charge in [-0.05, 0) is 45.4 Å². The Bertz CT molecular complexity index is 367. The summed E-state index contributed by atoms with van der Waals surface area (Å²) in [4.78, 5) is 13.8. The second kappa shape index (κ2) is 4.79. The molecule has 0 spiro atoms. The normalized spacial score (nSPS) is 31.7. The Morgan fingerprint density at radius 2 is 2.06 bits per heavy atom. The van der Waals surface area contributed by atoms with E-state index in [2.05, 4.69) is 6.07 Å². The lowest BCUT2D eigenvalue weighted by Crippen LogP contribution is -2.35. The molecule has 0 bridgehead atoms. The monoisotopic (exact) mass is 250 g/mol. The summed E-state index contributed by atoms with van der Waals surface area (Å²) in [6.07, 6.45) is 3.01. The predicted molar refractivity (Wildman–Crippen MR) is 67.7 cm³/mol. The molecule has 3 unspecified atom stereocenters. The highest BCUT2D eigenvalue weighted by molar-refractivity contribution is 5.68. The number of amides is 1. The summed E-state index contributed by atoms with van der Waals surface area (Å²) < 4.78 is 5.40. The Morgan fingerprint density at radius 3 is 2.67 bits per heavy atom. The molecule has 100 valence electrons. The third-order valence-corrected chi connectivity index (χ3v) is 3.92. The quantitative estimate of drug-likeness (QED) is 0.664. The zero-order valence-electron chi connectivity index (χ0n) is 11.5. The van der Waals surface area contributed by atoms with Crippen LogP contribution in [0.5, 0.6) is 0 Å². The van der Waals surface area contributed by atoms with Crippen molar-refractivity contribution in [3.63, 3.8) is 0 Å². The SMILES string of the molecule is CC(C)(C)OC(=O)N1CC2CCCC(C#N)C2C1. The van der Waals surface area contributed by atoms with E-state index in [1.54, 1.807) is 4.90 Å². The molecule has 0 radical (unpaired) electrons. The van der Waals surface area contributed by atoms with Crippen molar-refractivity contribution >= 4 is 6.09 Å². The van der Waals surface area contributed by atoms with Gasteiger partial charge >= 0.3 is 6.09 Å². The van der Waals surface area contributed by atoms with Crippen LogP contribution < -0.4 is 0 Å².